The highest BCUT2D eigenvalue weighted by Gasteiger charge is 2.19. The van der Waals surface area contributed by atoms with Gasteiger partial charge in [-0.25, -0.2) is 15.0 Å². The van der Waals surface area contributed by atoms with E-state index in [1.54, 1.807) is 0 Å². The largest absolute Gasteiger partial charge is 0.456 e. The topological polar surface area (TPSA) is 51.8 Å². The molecule has 1 aliphatic carbocycles. The molecule has 0 atom stereocenters. The Morgan fingerprint density at radius 2 is 1.12 bits per heavy atom. The van der Waals surface area contributed by atoms with Crippen molar-refractivity contribution in [1.29, 1.82) is 0 Å². The maximum Gasteiger partial charge on any atom is 0.164 e. The van der Waals surface area contributed by atoms with Gasteiger partial charge in [0.2, 0.25) is 0 Å². The molecule has 51 heavy (non-hydrogen) atoms. The lowest BCUT2D eigenvalue weighted by Crippen LogP contribution is -2.03. The summed E-state index contributed by atoms with van der Waals surface area (Å²) in [6.07, 6.45) is 8.51. The van der Waals surface area contributed by atoms with Crippen molar-refractivity contribution >= 4 is 49.1 Å². The quantitative estimate of drug-likeness (QED) is 0.173. The van der Waals surface area contributed by atoms with E-state index < -0.39 is 0 Å². The molecule has 10 rings (SSSR count). The molecule has 0 fully saturated rings. The maximum absolute atomic E-state index is 6.45. The van der Waals surface area contributed by atoms with E-state index in [1.165, 1.54) is 27.1 Å². The highest BCUT2D eigenvalue weighted by molar-refractivity contribution is 6.12. The van der Waals surface area contributed by atoms with Crippen molar-refractivity contribution in [3.63, 3.8) is 0 Å². The summed E-state index contributed by atoms with van der Waals surface area (Å²) in [6, 6.07) is 51.2. The molecular formula is C47H31N3O. The van der Waals surface area contributed by atoms with Crippen molar-refractivity contribution in [2.24, 2.45) is 0 Å². The van der Waals surface area contributed by atoms with Crippen molar-refractivity contribution in [3.8, 4) is 45.0 Å². The molecule has 0 unspecified atom stereocenters. The zero-order chi connectivity index (χ0) is 33.7. The Hall–Kier alpha value is -6.65. The van der Waals surface area contributed by atoms with Crippen molar-refractivity contribution in [3.05, 3.63) is 170 Å². The first-order valence-corrected chi connectivity index (χ1v) is 17.4. The lowest BCUT2D eigenvalue weighted by molar-refractivity contribution is 0.669. The number of hydrogen-bond acceptors (Lipinski definition) is 4. The second-order valence-electron chi connectivity index (χ2n) is 13.1. The van der Waals surface area contributed by atoms with Gasteiger partial charge in [-0.15, -0.1) is 0 Å². The maximum atomic E-state index is 6.45. The van der Waals surface area contributed by atoms with Crippen molar-refractivity contribution < 1.29 is 4.42 Å². The van der Waals surface area contributed by atoms with Crippen LogP contribution in [0.3, 0.4) is 0 Å². The lowest BCUT2D eigenvalue weighted by atomic mass is 9.96. The smallest absolute Gasteiger partial charge is 0.164 e. The highest BCUT2D eigenvalue weighted by atomic mass is 16.3. The van der Waals surface area contributed by atoms with E-state index in [2.05, 4.69) is 146 Å². The first kappa shape index (κ1) is 29.3. The molecule has 0 spiro atoms. The number of furan rings is 1. The summed E-state index contributed by atoms with van der Waals surface area (Å²) in [5.41, 5.74) is 9.10. The van der Waals surface area contributed by atoms with Crippen LogP contribution in [-0.4, -0.2) is 15.0 Å². The summed E-state index contributed by atoms with van der Waals surface area (Å²) < 4.78 is 6.45. The van der Waals surface area contributed by atoms with Crippen molar-refractivity contribution in [2.75, 3.05) is 0 Å². The van der Waals surface area contributed by atoms with Crippen molar-refractivity contribution in [2.45, 2.75) is 12.8 Å². The standard InChI is InChI=1S/C47H31N3O/c1-3-10-30(11-4-1)37-26-27-39-43(29-37)51-42-17-9-16-40(44(39)42)47-49-45(34-13-5-2-6-14-34)48-46(50-47)35-23-18-31(19-24-35)36-25-22-33-21-20-32-12-7-8-15-38(32)41(33)28-36/h1,3-5,7-29H,2,6H2. The highest BCUT2D eigenvalue weighted by Crippen LogP contribution is 2.38. The van der Waals surface area contributed by atoms with E-state index >= 15 is 0 Å². The van der Waals surface area contributed by atoms with Crippen LogP contribution in [0.1, 0.15) is 18.7 Å². The zero-order valence-electron chi connectivity index (χ0n) is 27.8. The molecule has 4 heteroatoms. The molecule has 0 bridgehead atoms. The average Bonchev–Trinajstić information content (AvgIpc) is 3.59. The van der Waals surface area contributed by atoms with Gasteiger partial charge in [0.05, 0.1) is 0 Å². The normalized spacial score (nSPS) is 13.0. The molecule has 1 aliphatic rings. The van der Waals surface area contributed by atoms with Crippen LogP contribution in [-0.2, 0) is 0 Å². The van der Waals surface area contributed by atoms with Crippen LogP contribution in [0.2, 0.25) is 0 Å². The Morgan fingerprint density at radius 3 is 1.98 bits per heavy atom. The van der Waals surface area contributed by atoms with Gasteiger partial charge in [-0.3, -0.25) is 0 Å². The third-order valence-electron chi connectivity index (χ3n) is 9.96. The van der Waals surface area contributed by atoms with E-state index in [0.717, 1.165) is 68.2 Å². The van der Waals surface area contributed by atoms with Crippen LogP contribution in [0.15, 0.2) is 168 Å². The Kier molecular flexibility index (Phi) is 6.91. The second kappa shape index (κ2) is 12.0. The lowest BCUT2D eigenvalue weighted by Gasteiger charge is -2.12. The van der Waals surface area contributed by atoms with Gasteiger partial charge in [0, 0.05) is 27.5 Å². The molecule has 0 saturated carbocycles. The Balaban J connectivity index is 1.08. The number of allylic oxidation sites excluding steroid dienone is 4. The average molecular weight is 654 g/mol. The predicted molar refractivity (Wildman–Crippen MR) is 210 cm³/mol. The van der Waals surface area contributed by atoms with Crippen LogP contribution >= 0.6 is 0 Å². The predicted octanol–water partition coefficient (Wildman–Crippen LogP) is 12.5. The van der Waals surface area contributed by atoms with Gasteiger partial charge in [-0.2, -0.15) is 0 Å². The summed E-state index contributed by atoms with van der Waals surface area (Å²) in [5, 5.41) is 7.05. The summed E-state index contributed by atoms with van der Waals surface area (Å²) in [6.45, 7) is 0. The van der Waals surface area contributed by atoms with Gasteiger partial charge in [-0.1, -0.05) is 140 Å². The van der Waals surface area contributed by atoms with Gasteiger partial charge in [-0.05, 0) is 80.9 Å². The van der Waals surface area contributed by atoms with E-state index in [1.807, 2.05) is 18.2 Å². The van der Waals surface area contributed by atoms with Crippen molar-refractivity contribution in [1.82, 2.24) is 15.0 Å². The fraction of sp³-hybridized carbons (Fsp3) is 0.0426. The molecule has 240 valence electrons. The van der Waals surface area contributed by atoms with E-state index in [9.17, 15) is 0 Å². The molecule has 2 heterocycles. The summed E-state index contributed by atoms with van der Waals surface area (Å²) >= 11 is 0. The van der Waals surface area contributed by atoms with E-state index in [0.29, 0.717) is 17.5 Å². The monoisotopic (exact) mass is 653 g/mol. The zero-order valence-corrected chi connectivity index (χ0v) is 27.8. The second-order valence-corrected chi connectivity index (χ2v) is 13.1. The Bertz CT molecular complexity index is 2850. The molecule has 4 nitrogen and oxygen atoms in total. The van der Waals surface area contributed by atoms with Crippen LogP contribution in [0.4, 0.5) is 0 Å². The number of nitrogens with zero attached hydrogens (tertiary/aromatic N) is 3. The van der Waals surface area contributed by atoms with Crippen LogP contribution in [0.25, 0.3) is 94.1 Å². The first-order valence-electron chi connectivity index (χ1n) is 17.4. The number of hydrogen-bond donors (Lipinski definition) is 0. The summed E-state index contributed by atoms with van der Waals surface area (Å²) in [5.74, 6) is 1.94. The van der Waals surface area contributed by atoms with Gasteiger partial charge >= 0.3 is 0 Å². The van der Waals surface area contributed by atoms with Gasteiger partial charge in [0.1, 0.15) is 11.2 Å². The first-order chi connectivity index (χ1) is 25.2. The molecule has 9 aromatic rings. The van der Waals surface area contributed by atoms with E-state index in [-0.39, 0.29) is 0 Å². The molecule has 0 radical (unpaired) electrons. The minimum atomic E-state index is 0.626. The third kappa shape index (κ3) is 5.20. The number of fused-ring (bicyclic) bond motifs is 6. The molecule has 0 N–H and O–H groups in total. The Morgan fingerprint density at radius 1 is 0.431 bits per heavy atom. The number of benzene rings is 7. The summed E-state index contributed by atoms with van der Waals surface area (Å²) in [4.78, 5) is 15.3. The van der Waals surface area contributed by atoms with E-state index in [4.69, 9.17) is 19.4 Å². The third-order valence-corrected chi connectivity index (χ3v) is 9.96. The van der Waals surface area contributed by atoms with Gasteiger partial charge in [0.15, 0.2) is 17.5 Å². The molecular weight excluding hydrogens is 623 g/mol. The molecule has 7 aromatic carbocycles. The number of rotatable bonds is 5. The minimum Gasteiger partial charge on any atom is -0.456 e. The molecule has 0 saturated heterocycles. The fourth-order valence-corrected chi connectivity index (χ4v) is 7.35. The Labute approximate surface area is 295 Å². The minimum absolute atomic E-state index is 0.626. The van der Waals surface area contributed by atoms with Gasteiger partial charge < -0.3 is 4.42 Å². The van der Waals surface area contributed by atoms with Crippen LogP contribution in [0, 0.1) is 0 Å². The molecule has 0 aliphatic heterocycles. The van der Waals surface area contributed by atoms with Gasteiger partial charge in [0.25, 0.3) is 0 Å². The molecule has 2 aromatic heterocycles. The van der Waals surface area contributed by atoms with Crippen LogP contribution in [0.5, 0.6) is 0 Å². The SMILES string of the molecule is C1=CC(c2nc(-c3ccc(-c4ccc5ccc6ccccc6c5c4)cc3)nc(-c3cccc4oc5cc(-c6ccccc6)ccc5c34)n2)=CCC1. The fourth-order valence-electron chi connectivity index (χ4n) is 7.35. The summed E-state index contributed by atoms with van der Waals surface area (Å²) in [7, 11) is 0. The van der Waals surface area contributed by atoms with Crippen LogP contribution < -0.4 is 0 Å². The molecule has 0 amide bonds. The number of aromatic nitrogens is 3.